The van der Waals surface area contributed by atoms with E-state index in [0.717, 1.165) is 63.9 Å². The Bertz CT molecular complexity index is 639. The molecule has 1 fully saturated rings. The van der Waals surface area contributed by atoms with Crippen molar-refractivity contribution < 1.29 is 9.53 Å². The maximum absolute atomic E-state index is 11.4. The van der Waals surface area contributed by atoms with Gasteiger partial charge in [-0.1, -0.05) is 17.7 Å². The number of methoxy groups -OCH3 is 1. The second kappa shape index (κ2) is 10.8. The zero-order chi connectivity index (χ0) is 19.6. The quantitative estimate of drug-likeness (QED) is 0.547. The number of nitrogens with zero attached hydrogens (tertiary/aromatic N) is 3. The number of benzene rings is 1. The van der Waals surface area contributed by atoms with Crippen LogP contribution in [0.1, 0.15) is 18.1 Å². The van der Waals surface area contributed by atoms with Crippen molar-refractivity contribution in [3.05, 3.63) is 29.3 Å². The van der Waals surface area contributed by atoms with E-state index in [9.17, 15) is 4.79 Å². The summed E-state index contributed by atoms with van der Waals surface area (Å²) in [6.07, 6.45) is 0.874. The number of hydrogen-bond donors (Lipinski definition) is 2. The predicted molar refractivity (Wildman–Crippen MR) is 109 cm³/mol. The van der Waals surface area contributed by atoms with Gasteiger partial charge in [-0.3, -0.25) is 14.7 Å². The van der Waals surface area contributed by atoms with Gasteiger partial charge in [-0.25, -0.2) is 0 Å². The van der Waals surface area contributed by atoms with Crippen LogP contribution in [0.2, 0.25) is 0 Å². The molecule has 0 atom stereocenters. The lowest BCUT2D eigenvalue weighted by molar-refractivity contribution is -0.130. The summed E-state index contributed by atoms with van der Waals surface area (Å²) in [6, 6.07) is 6.24. The van der Waals surface area contributed by atoms with Gasteiger partial charge in [-0.15, -0.1) is 0 Å². The summed E-state index contributed by atoms with van der Waals surface area (Å²) in [7, 11) is 3.49. The lowest BCUT2D eigenvalue weighted by Gasteiger charge is -2.34. The van der Waals surface area contributed by atoms with Crippen LogP contribution in [0.15, 0.2) is 23.2 Å². The maximum atomic E-state index is 11.4. The molecule has 1 saturated heterocycles. The summed E-state index contributed by atoms with van der Waals surface area (Å²) < 4.78 is 5.43. The smallest absolute Gasteiger partial charge is 0.219 e. The first kappa shape index (κ1) is 21.0. The Kier molecular flexibility index (Phi) is 8.39. The van der Waals surface area contributed by atoms with Crippen molar-refractivity contribution in [1.29, 1.82) is 0 Å². The first-order valence-electron chi connectivity index (χ1n) is 9.59. The van der Waals surface area contributed by atoms with Crippen molar-refractivity contribution in [3.63, 3.8) is 0 Å². The molecule has 7 heteroatoms. The topological polar surface area (TPSA) is 69.2 Å². The first-order chi connectivity index (χ1) is 13.0. The fraction of sp³-hybridized carbons (Fsp3) is 0.600. The lowest BCUT2D eigenvalue weighted by atomic mass is 10.1. The van der Waals surface area contributed by atoms with E-state index in [4.69, 9.17) is 4.74 Å². The van der Waals surface area contributed by atoms with Crippen molar-refractivity contribution in [3.8, 4) is 5.75 Å². The van der Waals surface area contributed by atoms with Crippen LogP contribution in [0, 0.1) is 6.92 Å². The number of hydrogen-bond acceptors (Lipinski definition) is 4. The van der Waals surface area contributed by atoms with Gasteiger partial charge in [-0.2, -0.15) is 0 Å². The fourth-order valence-corrected chi connectivity index (χ4v) is 3.26. The van der Waals surface area contributed by atoms with Crippen LogP contribution in [0.4, 0.5) is 0 Å². The zero-order valence-electron chi connectivity index (χ0n) is 17.0. The van der Waals surface area contributed by atoms with Gasteiger partial charge in [0.1, 0.15) is 5.75 Å². The number of guanidine groups is 1. The van der Waals surface area contributed by atoms with Crippen LogP contribution in [0.5, 0.6) is 5.75 Å². The Morgan fingerprint density at radius 2 is 1.89 bits per heavy atom. The van der Waals surface area contributed by atoms with Crippen LogP contribution in [-0.4, -0.2) is 81.6 Å². The Morgan fingerprint density at radius 1 is 1.19 bits per heavy atom. The van der Waals surface area contributed by atoms with Crippen LogP contribution in [-0.2, 0) is 11.2 Å². The Morgan fingerprint density at radius 3 is 2.52 bits per heavy atom. The van der Waals surface area contributed by atoms with Crippen LogP contribution >= 0.6 is 0 Å². The number of carbonyl (C=O) groups is 1. The Balaban J connectivity index is 1.68. The van der Waals surface area contributed by atoms with Gasteiger partial charge in [-0.05, 0) is 25.0 Å². The van der Waals surface area contributed by atoms with E-state index >= 15 is 0 Å². The number of carbonyl (C=O) groups excluding carboxylic acids is 1. The maximum Gasteiger partial charge on any atom is 0.219 e. The second-order valence-electron chi connectivity index (χ2n) is 6.84. The van der Waals surface area contributed by atoms with Gasteiger partial charge in [0.15, 0.2) is 5.96 Å². The van der Waals surface area contributed by atoms with E-state index in [0.29, 0.717) is 0 Å². The predicted octanol–water partition coefficient (Wildman–Crippen LogP) is 0.875. The molecule has 1 aromatic rings. The molecule has 1 heterocycles. The number of aryl methyl sites for hydroxylation is 1. The summed E-state index contributed by atoms with van der Waals surface area (Å²) in [5.74, 6) is 1.90. The lowest BCUT2D eigenvalue weighted by Crippen LogP contribution is -2.50. The minimum Gasteiger partial charge on any atom is -0.496 e. The van der Waals surface area contributed by atoms with Crippen molar-refractivity contribution in [1.82, 2.24) is 20.4 Å². The molecule has 0 spiro atoms. The molecule has 0 bridgehead atoms. The van der Waals surface area contributed by atoms with Gasteiger partial charge < -0.3 is 20.3 Å². The third kappa shape index (κ3) is 6.75. The summed E-state index contributed by atoms with van der Waals surface area (Å²) in [5.41, 5.74) is 2.43. The van der Waals surface area contributed by atoms with Crippen molar-refractivity contribution in [2.75, 3.05) is 60.0 Å². The molecule has 27 heavy (non-hydrogen) atoms. The zero-order valence-corrected chi connectivity index (χ0v) is 17.0. The standard InChI is InChI=1S/C20H33N5O2/c1-16-5-6-19(27-4)18(15-16)7-8-22-20(21-3)23-9-10-24-11-13-25(14-12-24)17(2)26/h5-6,15H,7-14H2,1-4H3,(H2,21,22,23). The molecule has 0 aromatic heterocycles. The van der Waals surface area contributed by atoms with Crippen LogP contribution < -0.4 is 15.4 Å². The molecule has 0 radical (unpaired) electrons. The monoisotopic (exact) mass is 375 g/mol. The molecule has 2 rings (SSSR count). The van der Waals surface area contributed by atoms with Crippen LogP contribution in [0.3, 0.4) is 0 Å². The fourth-order valence-electron chi connectivity index (χ4n) is 3.26. The second-order valence-corrected chi connectivity index (χ2v) is 6.84. The molecule has 1 amide bonds. The normalized spacial score (nSPS) is 15.6. The summed E-state index contributed by atoms with van der Waals surface area (Å²) in [6.45, 7) is 9.79. The van der Waals surface area contributed by atoms with Gasteiger partial charge in [0.25, 0.3) is 0 Å². The molecule has 7 nitrogen and oxygen atoms in total. The largest absolute Gasteiger partial charge is 0.496 e. The summed E-state index contributed by atoms with van der Waals surface area (Å²) in [4.78, 5) is 19.9. The van der Waals surface area contributed by atoms with Gasteiger partial charge >= 0.3 is 0 Å². The van der Waals surface area contributed by atoms with Gasteiger partial charge in [0.05, 0.1) is 7.11 Å². The molecular formula is C20H33N5O2. The van der Waals surface area contributed by atoms with E-state index in [2.05, 4.69) is 39.6 Å². The van der Waals surface area contributed by atoms with Crippen LogP contribution in [0.25, 0.3) is 0 Å². The number of piperazine rings is 1. The van der Waals surface area contributed by atoms with E-state index < -0.39 is 0 Å². The number of nitrogens with one attached hydrogen (secondary N) is 2. The minimum atomic E-state index is 0.169. The molecule has 0 aliphatic carbocycles. The average molecular weight is 376 g/mol. The molecule has 0 saturated carbocycles. The minimum absolute atomic E-state index is 0.169. The molecule has 1 aromatic carbocycles. The number of aliphatic imine (C=N–C) groups is 1. The molecule has 150 valence electrons. The van der Waals surface area contributed by atoms with E-state index in [1.54, 1.807) is 21.1 Å². The van der Waals surface area contributed by atoms with Crippen molar-refractivity contribution in [2.45, 2.75) is 20.3 Å². The molecule has 2 N–H and O–H groups in total. The molecular weight excluding hydrogens is 342 g/mol. The third-order valence-electron chi connectivity index (χ3n) is 4.88. The highest BCUT2D eigenvalue weighted by Gasteiger charge is 2.17. The van der Waals surface area contributed by atoms with Gasteiger partial charge in [0.2, 0.25) is 5.91 Å². The Hall–Kier alpha value is -2.28. The first-order valence-corrected chi connectivity index (χ1v) is 9.59. The molecule has 1 aliphatic rings. The van der Waals surface area contributed by atoms with Gasteiger partial charge in [0, 0.05) is 59.8 Å². The SMILES string of the molecule is CN=C(NCCc1cc(C)ccc1OC)NCCN1CCN(C(C)=O)CC1. The number of ether oxygens (including phenoxy) is 1. The van der Waals surface area contributed by atoms with E-state index in [1.165, 1.54) is 11.1 Å². The highest BCUT2D eigenvalue weighted by molar-refractivity contribution is 5.79. The molecule has 0 unspecified atom stereocenters. The summed E-state index contributed by atoms with van der Waals surface area (Å²) >= 11 is 0. The third-order valence-corrected chi connectivity index (χ3v) is 4.88. The van der Waals surface area contributed by atoms with E-state index in [1.807, 2.05) is 11.0 Å². The average Bonchev–Trinajstić information content (AvgIpc) is 2.67. The van der Waals surface area contributed by atoms with Crippen molar-refractivity contribution >= 4 is 11.9 Å². The summed E-state index contributed by atoms with van der Waals surface area (Å²) in [5, 5.41) is 6.72. The number of amides is 1. The van der Waals surface area contributed by atoms with Crippen molar-refractivity contribution in [2.24, 2.45) is 4.99 Å². The highest BCUT2D eigenvalue weighted by atomic mass is 16.5. The number of rotatable bonds is 7. The highest BCUT2D eigenvalue weighted by Crippen LogP contribution is 2.19. The Labute approximate surface area is 162 Å². The van der Waals surface area contributed by atoms with E-state index in [-0.39, 0.29) is 5.91 Å². The molecule has 1 aliphatic heterocycles.